The van der Waals surface area contributed by atoms with Crippen molar-refractivity contribution >= 4 is 21.6 Å². The van der Waals surface area contributed by atoms with E-state index in [2.05, 4.69) is 27.9 Å². The standard InChI is InChI=1S/C15H18N2OS/c1-2-11-6-14(7-12(3-1)17-11)18-13-5-4-10-9-16-19-15(10)8-13/h4-5,8-9,11-12,14,17H,1-3,6-7H2/t11-,12+,14?. The zero-order valence-corrected chi connectivity index (χ0v) is 11.7. The molecule has 1 aromatic heterocycles. The van der Waals surface area contributed by atoms with E-state index in [1.165, 1.54) is 40.9 Å². The van der Waals surface area contributed by atoms with E-state index in [1.807, 2.05) is 6.20 Å². The van der Waals surface area contributed by atoms with Gasteiger partial charge in [0, 0.05) is 23.7 Å². The van der Waals surface area contributed by atoms with E-state index >= 15 is 0 Å². The number of rotatable bonds is 2. The van der Waals surface area contributed by atoms with E-state index < -0.39 is 0 Å². The highest BCUT2D eigenvalue weighted by Crippen LogP contribution is 2.30. The Balaban J connectivity index is 1.51. The van der Waals surface area contributed by atoms with Crippen LogP contribution >= 0.6 is 11.5 Å². The fourth-order valence-electron chi connectivity index (χ4n) is 3.42. The lowest BCUT2D eigenvalue weighted by Gasteiger charge is -2.40. The average Bonchev–Trinajstić information content (AvgIpc) is 2.85. The second kappa shape index (κ2) is 4.76. The minimum atomic E-state index is 0.377. The van der Waals surface area contributed by atoms with Gasteiger partial charge in [-0.2, -0.15) is 4.37 Å². The van der Waals surface area contributed by atoms with E-state index in [1.54, 1.807) is 0 Å². The van der Waals surface area contributed by atoms with Crippen LogP contribution in [0.25, 0.3) is 10.1 Å². The molecule has 2 aromatic rings. The molecule has 2 aliphatic rings. The predicted molar refractivity (Wildman–Crippen MR) is 77.8 cm³/mol. The molecular formula is C15H18N2OS. The third-order valence-electron chi connectivity index (χ3n) is 4.30. The minimum absolute atomic E-state index is 0.377. The van der Waals surface area contributed by atoms with Crippen LogP contribution in [-0.2, 0) is 0 Å². The van der Waals surface area contributed by atoms with Gasteiger partial charge in [0.2, 0.25) is 0 Å². The highest BCUT2D eigenvalue weighted by atomic mass is 32.1. The Morgan fingerprint density at radius 1 is 1.21 bits per heavy atom. The maximum Gasteiger partial charge on any atom is 0.121 e. The number of nitrogens with zero attached hydrogens (tertiary/aromatic N) is 1. The van der Waals surface area contributed by atoms with Crippen LogP contribution in [0.3, 0.4) is 0 Å². The number of nitrogens with one attached hydrogen (secondary N) is 1. The lowest BCUT2D eigenvalue weighted by Crippen LogP contribution is -2.51. The van der Waals surface area contributed by atoms with Crippen molar-refractivity contribution in [2.45, 2.75) is 50.3 Å². The van der Waals surface area contributed by atoms with Crippen LogP contribution in [0.4, 0.5) is 0 Å². The Hall–Kier alpha value is -1.13. The van der Waals surface area contributed by atoms with Crippen LogP contribution < -0.4 is 10.1 Å². The van der Waals surface area contributed by atoms with Gasteiger partial charge in [-0.3, -0.25) is 0 Å². The van der Waals surface area contributed by atoms with E-state index in [9.17, 15) is 0 Å². The van der Waals surface area contributed by atoms with Gasteiger partial charge in [-0.1, -0.05) is 6.42 Å². The Morgan fingerprint density at radius 3 is 2.89 bits per heavy atom. The van der Waals surface area contributed by atoms with Gasteiger partial charge in [-0.25, -0.2) is 0 Å². The van der Waals surface area contributed by atoms with Crippen molar-refractivity contribution in [1.82, 2.24) is 9.69 Å². The van der Waals surface area contributed by atoms with Gasteiger partial charge < -0.3 is 10.1 Å². The second-order valence-electron chi connectivity index (χ2n) is 5.73. The zero-order valence-electron chi connectivity index (χ0n) is 10.8. The molecule has 1 N–H and O–H groups in total. The molecule has 3 heterocycles. The number of ether oxygens (including phenoxy) is 1. The first-order valence-electron chi connectivity index (χ1n) is 7.14. The molecule has 0 aliphatic carbocycles. The van der Waals surface area contributed by atoms with Crippen molar-refractivity contribution in [3.05, 3.63) is 24.4 Å². The number of benzene rings is 1. The molecule has 3 nitrogen and oxygen atoms in total. The first-order chi connectivity index (χ1) is 9.37. The predicted octanol–water partition coefficient (Wildman–Crippen LogP) is 3.35. The lowest BCUT2D eigenvalue weighted by molar-refractivity contribution is 0.0928. The lowest BCUT2D eigenvalue weighted by atomic mass is 9.85. The number of piperidine rings is 2. The molecule has 1 unspecified atom stereocenters. The third-order valence-corrected chi connectivity index (χ3v) is 5.06. The largest absolute Gasteiger partial charge is 0.490 e. The average molecular weight is 274 g/mol. The van der Waals surface area contributed by atoms with Crippen molar-refractivity contribution in [2.75, 3.05) is 0 Å². The molecule has 19 heavy (non-hydrogen) atoms. The molecule has 2 aliphatic heterocycles. The maximum absolute atomic E-state index is 6.21. The van der Waals surface area contributed by atoms with Crippen LogP contribution in [0, 0.1) is 0 Å². The summed E-state index contributed by atoms with van der Waals surface area (Å²) in [7, 11) is 0. The van der Waals surface area contributed by atoms with E-state index in [4.69, 9.17) is 4.74 Å². The molecule has 2 bridgehead atoms. The monoisotopic (exact) mass is 274 g/mol. The highest BCUT2D eigenvalue weighted by molar-refractivity contribution is 7.13. The Labute approximate surface area is 117 Å². The summed E-state index contributed by atoms with van der Waals surface area (Å²) in [4.78, 5) is 0. The van der Waals surface area contributed by atoms with Gasteiger partial charge in [0.05, 0.1) is 4.70 Å². The molecule has 0 radical (unpaired) electrons. The van der Waals surface area contributed by atoms with Gasteiger partial charge in [-0.05, 0) is 55.4 Å². The van der Waals surface area contributed by atoms with Crippen LogP contribution in [-0.4, -0.2) is 22.6 Å². The molecular weight excluding hydrogens is 256 g/mol. The Kier molecular flexibility index (Phi) is 2.93. The van der Waals surface area contributed by atoms with Crippen molar-refractivity contribution < 1.29 is 4.74 Å². The normalized spacial score (nSPS) is 30.4. The van der Waals surface area contributed by atoms with Crippen LogP contribution in [0.15, 0.2) is 24.4 Å². The summed E-state index contributed by atoms with van der Waals surface area (Å²) < 4.78 is 11.6. The second-order valence-corrected chi connectivity index (χ2v) is 6.56. The molecule has 4 rings (SSSR count). The summed E-state index contributed by atoms with van der Waals surface area (Å²) in [5.41, 5.74) is 0. The number of aromatic nitrogens is 1. The first kappa shape index (κ1) is 11.7. The van der Waals surface area contributed by atoms with E-state index in [-0.39, 0.29) is 0 Å². The van der Waals surface area contributed by atoms with Crippen LogP contribution in [0.2, 0.25) is 0 Å². The summed E-state index contributed by atoms with van der Waals surface area (Å²) in [6.07, 6.45) is 8.59. The van der Waals surface area contributed by atoms with Gasteiger partial charge in [0.1, 0.15) is 11.9 Å². The summed E-state index contributed by atoms with van der Waals surface area (Å²) in [5, 5.41) is 4.91. The first-order valence-corrected chi connectivity index (χ1v) is 7.91. The SMILES string of the molecule is c1cc2cnsc2cc1OC1C[C@H]2CCC[C@@H](C1)N2. The Morgan fingerprint density at radius 2 is 2.05 bits per heavy atom. The highest BCUT2D eigenvalue weighted by Gasteiger charge is 2.32. The minimum Gasteiger partial charge on any atom is -0.490 e. The van der Waals surface area contributed by atoms with Gasteiger partial charge >= 0.3 is 0 Å². The van der Waals surface area contributed by atoms with Crippen molar-refractivity contribution in [2.24, 2.45) is 0 Å². The molecule has 0 spiro atoms. The van der Waals surface area contributed by atoms with Crippen molar-refractivity contribution in [1.29, 1.82) is 0 Å². The molecule has 1 aromatic carbocycles. The molecule has 0 amide bonds. The molecule has 4 heteroatoms. The molecule has 0 saturated carbocycles. The number of hydrogen-bond donors (Lipinski definition) is 1. The smallest absolute Gasteiger partial charge is 0.121 e. The fraction of sp³-hybridized carbons (Fsp3) is 0.533. The molecule has 100 valence electrons. The maximum atomic E-state index is 6.21. The molecule has 2 saturated heterocycles. The zero-order chi connectivity index (χ0) is 12.7. The summed E-state index contributed by atoms with van der Waals surface area (Å²) >= 11 is 1.54. The Bertz CT molecular complexity index is 570. The molecule has 2 fully saturated rings. The van der Waals surface area contributed by atoms with Gasteiger partial charge in [0.25, 0.3) is 0 Å². The summed E-state index contributed by atoms with van der Waals surface area (Å²) in [6.45, 7) is 0. The summed E-state index contributed by atoms with van der Waals surface area (Å²) in [5.74, 6) is 1.00. The number of fused-ring (bicyclic) bond motifs is 3. The third kappa shape index (κ3) is 2.35. The quantitative estimate of drug-likeness (QED) is 0.912. The van der Waals surface area contributed by atoms with Gasteiger partial charge in [0.15, 0.2) is 0 Å². The fourth-order valence-corrected chi connectivity index (χ4v) is 4.09. The number of hydrogen-bond acceptors (Lipinski definition) is 4. The van der Waals surface area contributed by atoms with Crippen LogP contribution in [0.1, 0.15) is 32.1 Å². The molecule has 3 atom stereocenters. The van der Waals surface area contributed by atoms with Crippen molar-refractivity contribution in [3.63, 3.8) is 0 Å². The van der Waals surface area contributed by atoms with Crippen LogP contribution in [0.5, 0.6) is 5.75 Å². The van der Waals surface area contributed by atoms with E-state index in [0.29, 0.717) is 18.2 Å². The van der Waals surface area contributed by atoms with Gasteiger partial charge in [-0.15, -0.1) is 0 Å². The topological polar surface area (TPSA) is 34.1 Å². The van der Waals surface area contributed by atoms with Crippen molar-refractivity contribution in [3.8, 4) is 5.75 Å². The van der Waals surface area contributed by atoms with E-state index in [0.717, 1.165) is 18.6 Å². The summed E-state index contributed by atoms with van der Waals surface area (Å²) in [6, 6.07) is 7.66.